The van der Waals surface area contributed by atoms with Gasteiger partial charge in [-0.2, -0.15) is 0 Å². The Labute approximate surface area is 164 Å². The Hall–Kier alpha value is -1.60. The van der Waals surface area contributed by atoms with Gasteiger partial charge in [0.25, 0.3) is 0 Å². The molecule has 3 fully saturated rings. The van der Waals surface area contributed by atoms with Crippen LogP contribution in [0.2, 0.25) is 0 Å². The van der Waals surface area contributed by atoms with E-state index in [4.69, 9.17) is 16.4 Å². The number of allylic oxidation sites excluding steroid dienone is 1. The summed E-state index contributed by atoms with van der Waals surface area (Å²) < 4.78 is 0. The number of nitrogens with two attached hydrogens (primary N) is 3. The van der Waals surface area contributed by atoms with E-state index in [1.54, 1.807) is 6.20 Å². The molecule has 1 heterocycles. The summed E-state index contributed by atoms with van der Waals surface area (Å²) in [6.45, 7) is 7.29. The number of nitrogens with zero attached hydrogens (tertiary/aromatic N) is 2. The number of rotatable bonds is 5. The molecule has 0 aromatic heterocycles. The Balaban J connectivity index is 0.000000255. The predicted octanol–water partition coefficient (Wildman–Crippen LogP) is 1.58. The van der Waals surface area contributed by atoms with Crippen molar-refractivity contribution in [1.82, 2.24) is 9.91 Å². The van der Waals surface area contributed by atoms with Crippen LogP contribution >= 0.6 is 0 Å². The van der Waals surface area contributed by atoms with Crippen molar-refractivity contribution in [2.45, 2.75) is 71.4 Å². The van der Waals surface area contributed by atoms with Crippen molar-refractivity contribution >= 4 is 12.7 Å². The quantitative estimate of drug-likeness (QED) is 0.378. The molecule has 0 aromatic carbocycles. The molecular formula is C20H39N5O2. The topological polar surface area (TPSA) is 119 Å². The third-order valence-electron chi connectivity index (χ3n) is 5.43. The molecule has 6 N–H and O–H groups in total. The Bertz CT molecular complexity index is 495. The second kappa shape index (κ2) is 10.7. The van der Waals surface area contributed by atoms with Gasteiger partial charge < -0.3 is 26.2 Å². The van der Waals surface area contributed by atoms with Crippen molar-refractivity contribution in [3.63, 3.8) is 0 Å². The second-order valence-electron chi connectivity index (χ2n) is 8.96. The van der Waals surface area contributed by atoms with Crippen molar-refractivity contribution < 1.29 is 9.59 Å². The van der Waals surface area contributed by atoms with Gasteiger partial charge in [-0.1, -0.05) is 20.8 Å². The third kappa shape index (κ3) is 8.30. The first-order valence-electron chi connectivity index (χ1n) is 9.96. The summed E-state index contributed by atoms with van der Waals surface area (Å²) in [4.78, 5) is 22.1. The smallest absolute Gasteiger partial charge is 0.204 e. The number of aldehydes is 1. The number of carbonyl (C=O) groups is 2. The summed E-state index contributed by atoms with van der Waals surface area (Å²) in [5, 5.41) is 1.43. The van der Waals surface area contributed by atoms with Crippen LogP contribution in [-0.2, 0) is 9.59 Å². The number of hydrogen-bond acceptors (Lipinski definition) is 6. The SMILES string of the molecule is CC(C)(C)C(C=O)N(N)/C=C(\N)C1CC1.CN1CCCC1C1CC1.NC=O. The Morgan fingerprint density at radius 3 is 2.04 bits per heavy atom. The van der Waals surface area contributed by atoms with Crippen LogP contribution in [0, 0.1) is 17.3 Å². The molecule has 7 heteroatoms. The Kier molecular flexibility index (Phi) is 9.26. The van der Waals surface area contributed by atoms with E-state index in [0.29, 0.717) is 5.92 Å². The summed E-state index contributed by atoms with van der Waals surface area (Å²) in [6.07, 6.45) is 11.0. The number of amides is 1. The molecule has 0 radical (unpaired) electrons. The van der Waals surface area contributed by atoms with Crippen LogP contribution in [0.1, 0.15) is 59.3 Å². The van der Waals surface area contributed by atoms with E-state index in [-0.39, 0.29) is 17.9 Å². The highest BCUT2D eigenvalue weighted by Gasteiger charge is 2.35. The van der Waals surface area contributed by atoms with Crippen LogP contribution in [0.3, 0.4) is 0 Å². The van der Waals surface area contributed by atoms with Gasteiger partial charge in [0, 0.05) is 23.9 Å². The molecule has 0 spiro atoms. The van der Waals surface area contributed by atoms with Crippen LogP contribution < -0.4 is 17.3 Å². The Morgan fingerprint density at radius 2 is 1.70 bits per heavy atom. The summed E-state index contributed by atoms with van der Waals surface area (Å²) in [7, 11) is 2.27. The highest BCUT2D eigenvalue weighted by molar-refractivity contribution is 5.59. The molecular weight excluding hydrogens is 342 g/mol. The van der Waals surface area contributed by atoms with Gasteiger partial charge in [0.05, 0.1) is 0 Å². The molecule has 2 atom stereocenters. The lowest BCUT2D eigenvalue weighted by Crippen LogP contribution is -2.46. The average Bonchev–Trinajstić information content (AvgIpc) is 3.47. The predicted molar refractivity (Wildman–Crippen MR) is 109 cm³/mol. The standard InChI is InChI=1S/C11H21N3O.C8H15N.CH3NO/c1-11(2,3)10(7-15)14(13)6-9(12)8-4-5-8;1-9-6-2-3-8(9)7-4-5-7;2-1-3/h6-8,10H,4-5,12-13H2,1-3H3;7-8H,2-6H2,1H3;1H,(H2,2,3)/b9-6-;;. The lowest BCUT2D eigenvalue weighted by molar-refractivity contribution is -0.114. The zero-order valence-corrected chi connectivity index (χ0v) is 17.4. The van der Waals surface area contributed by atoms with Crippen LogP contribution in [0.4, 0.5) is 0 Å². The maximum absolute atomic E-state index is 11.0. The first kappa shape index (κ1) is 23.4. The molecule has 0 bridgehead atoms. The first-order chi connectivity index (χ1) is 12.6. The molecule has 1 amide bonds. The van der Waals surface area contributed by atoms with E-state index in [0.717, 1.165) is 36.8 Å². The summed E-state index contributed by atoms with van der Waals surface area (Å²) in [6, 6.07) is 0.639. The fourth-order valence-corrected chi connectivity index (χ4v) is 3.51. The van der Waals surface area contributed by atoms with Crippen molar-refractivity contribution in [2.24, 2.45) is 34.6 Å². The monoisotopic (exact) mass is 381 g/mol. The molecule has 7 nitrogen and oxygen atoms in total. The van der Waals surface area contributed by atoms with E-state index >= 15 is 0 Å². The van der Waals surface area contributed by atoms with E-state index in [1.807, 2.05) is 20.8 Å². The van der Waals surface area contributed by atoms with Crippen LogP contribution in [0.25, 0.3) is 0 Å². The first-order valence-corrected chi connectivity index (χ1v) is 9.96. The Morgan fingerprint density at radius 1 is 1.15 bits per heavy atom. The zero-order chi connectivity index (χ0) is 20.6. The normalized spacial score (nSPS) is 24.0. The summed E-state index contributed by atoms with van der Waals surface area (Å²) in [5.74, 6) is 7.40. The van der Waals surface area contributed by atoms with Gasteiger partial charge in [0.15, 0.2) is 0 Å². The minimum absolute atomic E-state index is 0.184. The van der Waals surface area contributed by atoms with E-state index < -0.39 is 0 Å². The lowest BCUT2D eigenvalue weighted by Gasteiger charge is -2.32. The number of likely N-dealkylation sites (tertiary alicyclic amines) is 1. The molecule has 1 aliphatic heterocycles. The van der Waals surface area contributed by atoms with Gasteiger partial charge in [-0.25, -0.2) is 5.84 Å². The highest BCUT2D eigenvalue weighted by Crippen LogP contribution is 2.39. The van der Waals surface area contributed by atoms with Crippen LogP contribution in [0.15, 0.2) is 11.9 Å². The molecule has 156 valence electrons. The van der Waals surface area contributed by atoms with Crippen molar-refractivity contribution in [2.75, 3.05) is 13.6 Å². The fraction of sp³-hybridized carbons (Fsp3) is 0.800. The minimum Gasteiger partial charge on any atom is -0.401 e. The molecule has 1 saturated heterocycles. The van der Waals surface area contributed by atoms with Crippen molar-refractivity contribution in [3.8, 4) is 0 Å². The van der Waals surface area contributed by atoms with Gasteiger partial charge in [0.2, 0.25) is 6.41 Å². The minimum atomic E-state index is -0.338. The molecule has 2 unspecified atom stereocenters. The van der Waals surface area contributed by atoms with E-state index in [9.17, 15) is 4.79 Å². The van der Waals surface area contributed by atoms with Gasteiger partial charge >= 0.3 is 0 Å². The third-order valence-corrected chi connectivity index (χ3v) is 5.43. The van der Waals surface area contributed by atoms with Gasteiger partial charge in [-0.3, -0.25) is 4.79 Å². The van der Waals surface area contributed by atoms with Crippen LogP contribution in [-0.4, -0.2) is 48.3 Å². The van der Waals surface area contributed by atoms with Gasteiger partial charge in [-0.05, 0) is 63.5 Å². The number of carbonyl (C=O) groups excluding carboxylic acids is 2. The van der Waals surface area contributed by atoms with E-state index in [2.05, 4.69) is 17.7 Å². The average molecular weight is 382 g/mol. The summed E-state index contributed by atoms with van der Waals surface area (Å²) >= 11 is 0. The fourth-order valence-electron chi connectivity index (χ4n) is 3.51. The van der Waals surface area contributed by atoms with Crippen LogP contribution in [0.5, 0.6) is 0 Å². The highest BCUT2D eigenvalue weighted by atomic mass is 16.1. The lowest BCUT2D eigenvalue weighted by atomic mass is 9.87. The molecule has 3 rings (SSSR count). The summed E-state index contributed by atoms with van der Waals surface area (Å²) in [5.41, 5.74) is 10.6. The van der Waals surface area contributed by atoms with Gasteiger partial charge in [-0.15, -0.1) is 0 Å². The van der Waals surface area contributed by atoms with Gasteiger partial charge in [0.1, 0.15) is 12.3 Å². The number of hydrazine groups is 1. The second-order valence-corrected chi connectivity index (χ2v) is 8.96. The molecule has 3 aliphatic rings. The van der Waals surface area contributed by atoms with Crippen molar-refractivity contribution in [3.05, 3.63) is 11.9 Å². The number of primary amides is 1. The van der Waals surface area contributed by atoms with Crippen molar-refractivity contribution in [1.29, 1.82) is 0 Å². The zero-order valence-electron chi connectivity index (χ0n) is 17.4. The largest absolute Gasteiger partial charge is 0.401 e. The maximum Gasteiger partial charge on any atom is 0.204 e. The molecule has 0 aromatic rings. The number of hydrogen-bond donors (Lipinski definition) is 3. The molecule has 2 aliphatic carbocycles. The van der Waals surface area contributed by atoms with E-state index in [1.165, 1.54) is 37.2 Å². The molecule has 27 heavy (non-hydrogen) atoms. The molecule has 2 saturated carbocycles. The maximum atomic E-state index is 11.0.